The normalized spacial score (nSPS) is 13.8. The molecule has 0 atom stereocenters. The molecule has 1 aromatic heterocycles. The van der Waals surface area contributed by atoms with E-state index in [9.17, 15) is 4.79 Å². The van der Waals surface area contributed by atoms with E-state index in [1.165, 1.54) is 29.7 Å². The lowest BCUT2D eigenvalue weighted by atomic mass is 10.1. The van der Waals surface area contributed by atoms with Crippen molar-refractivity contribution < 1.29 is 4.79 Å². The van der Waals surface area contributed by atoms with Crippen molar-refractivity contribution in [2.45, 2.75) is 39.7 Å². The van der Waals surface area contributed by atoms with Gasteiger partial charge in [0.1, 0.15) is 0 Å². The van der Waals surface area contributed by atoms with Crippen molar-refractivity contribution in [2.24, 2.45) is 5.73 Å². The van der Waals surface area contributed by atoms with Crippen LogP contribution in [0, 0.1) is 13.8 Å². The second kappa shape index (κ2) is 8.16. The van der Waals surface area contributed by atoms with Gasteiger partial charge in [0.15, 0.2) is 0 Å². The summed E-state index contributed by atoms with van der Waals surface area (Å²) in [6.45, 7) is 7.17. The Bertz CT molecular complexity index is 994. The third-order valence-corrected chi connectivity index (χ3v) is 6.01. The predicted octanol–water partition coefficient (Wildman–Crippen LogP) is 4.71. The van der Waals surface area contributed by atoms with E-state index in [0.717, 1.165) is 43.0 Å². The van der Waals surface area contributed by atoms with Gasteiger partial charge in [-0.2, -0.15) is 0 Å². The quantitative estimate of drug-likeness (QED) is 0.666. The standard InChI is InChI=1S/C25H29N3O/c1-18-5-7-20(8-6-18)13-16-28-19(2)23(25(26)29)17-24(28)21-9-11-22(12-10-21)27-14-3-4-15-27/h5-12,17H,3-4,13-16H2,1-2H3,(H2,26,29). The topological polar surface area (TPSA) is 51.3 Å². The molecule has 4 heteroatoms. The number of carbonyl (C=O) groups excluding carboxylic acids is 1. The average molecular weight is 388 g/mol. The molecule has 1 amide bonds. The summed E-state index contributed by atoms with van der Waals surface area (Å²) in [5.74, 6) is -0.369. The molecule has 150 valence electrons. The van der Waals surface area contributed by atoms with E-state index in [1.807, 2.05) is 13.0 Å². The number of aryl methyl sites for hydroxylation is 2. The Morgan fingerprint density at radius 1 is 0.966 bits per heavy atom. The summed E-state index contributed by atoms with van der Waals surface area (Å²) >= 11 is 0. The number of nitrogens with zero attached hydrogens (tertiary/aromatic N) is 2. The molecule has 2 aromatic carbocycles. The highest BCUT2D eigenvalue weighted by atomic mass is 16.1. The van der Waals surface area contributed by atoms with Gasteiger partial charge in [0.25, 0.3) is 5.91 Å². The molecule has 0 unspecified atom stereocenters. The Balaban J connectivity index is 1.63. The van der Waals surface area contributed by atoms with Crippen molar-refractivity contribution in [3.05, 3.63) is 77.0 Å². The molecule has 0 bridgehead atoms. The second-order valence-corrected chi connectivity index (χ2v) is 8.02. The Morgan fingerprint density at radius 3 is 2.24 bits per heavy atom. The minimum absolute atomic E-state index is 0.369. The predicted molar refractivity (Wildman–Crippen MR) is 119 cm³/mol. The number of rotatable bonds is 6. The van der Waals surface area contributed by atoms with E-state index < -0.39 is 0 Å². The maximum Gasteiger partial charge on any atom is 0.250 e. The number of carbonyl (C=O) groups is 1. The number of primary amides is 1. The van der Waals surface area contributed by atoms with Crippen molar-refractivity contribution >= 4 is 11.6 Å². The van der Waals surface area contributed by atoms with Crippen LogP contribution in [0.2, 0.25) is 0 Å². The van der Waals surface area contributed by atoms with Gasteiger partial charge in [0.05, 0.1) is 5.56 Å². The fourth-order valence-electron chi connectivity index (χ4n) is 4.24. The first-order valence-corrected chi connectivity index (χ1v) is 10.4. The Morgan fingerprint density at radius 2 is 1.62 bits per heavy atom. The van der Waals surface area contributed by atoms with Gasteiger partial charge in [0.2, 0.25) is 0 Å². The van der Waals surface area contributed by atoms with Crippen LogP contribution < -0.4 is 10.6 Å². The molecule has 4 nitrogen and oxygen atoms in total. The molecule has 2 N–H and O–H groups in total. The Hall–Kier alpha value is -3.01. The zero-order valence-corrected chi connectivity index (χ0v) is 17.3. The lowest BCUT2D eigenvalue weighted by molar-refractivity contribution is 0.0999. The molecular weight excluding hydrogens is 358 g/mol. The number of benzene rings is 2. The van der Waals surface area contributed by atoms with Crippen LogP contribution in [0.25, 0.3) is 11.3 Å². The fourth-order valence-corrected chi connectivity index (χ4v) is 4.24. The molecule has 3 aromatic rings. The van der Waals surface area contributed by atoms with Crippen LogP contribution in [0.3, 0.4) is 0 Å². The van der Waals surface area contributed by atoms with Gasteiger partial charge >= 0.3 is 0 Å². The molecule has 0 saturated carbocycles. The molecule has 1 aliphatic heterocycles. The average Bonchev–Trinajstić information content (AvgIpc) is 3.36. The summed E-state index contributed by atoms with van der Waals surface area (Å²) in [5, 5.41) is 0. The van der Waals surface area contributed by atoms with Gasteiger partial charge < -0.3 is 15.2 Å². The van der Waals surface area contributed by atoms with Crippen LogP contribution in [0.1, 0.15) is 40.0 Å². The summed E-state index contributed by atoms with van der Waals surface area (Å²) in [7, 11) is 0. The van der Waals surface area contributed by atoms with Crippen LogP contribution in [-0.2, 0) is 13.0 Å². The number of hydrogen-bond acceptors (Lipinski definition) is 2. The molecule has 0 radical (unpaired) electrons. The summed E-state index contributed by atoms with van der Waals surface area (Å²) in [6.07, 6.45) is 3.45. The minimum Gasteiger partial charge on any atom is -0.372 e. The molecular formula is C25H29N3O. The van der Waals surface area contributed by atoms with Crippen LogP contribution in [-0.4, -0.2) is 23.6 Å². The molecule has 1 saturated heterocycles. The Kier molecular flexibility index (Phi) is 5.43. The number of hydrogen-bond donors (Lipinski definition) is 1. The first-order chi connectivity index (χ1) is 14.0. The summed E-state index contributed by atoms with van der Waals surface area (Å²) in [6, 6.07) is 19.3. The van der Waals surface area contributed by atoms with Crippen LogP contribution >= 0.6 is 0 Å². The van der Waals surface area contributed by atoms with Crippen molar-refractivity contribution in [2.75, 3.05) is 18.0 Å². The molecule has 1 fully saturated rings. The highest BCUT2D eigenvalue weighted by Gasteiger charge is 2.18. The monoisotopic (exact) mass is 387 g/mol. The van der Waals surface area contributed by atoms with Crippen molar-refractivity contribution in [1.29, 1.82) is 0 Å². The van der Waals surface area contributed by atoms with E-state index in [1.54, 1.807) is 0 Å². The second-order valence-electron chi connectivity index (χ2n) is 8.02. The third kappa shape index (κ3) is 4.07. The maximum atomic E-state index is 12.0. The first-order valence-electron chi connectivity index (χ1n) is 10.4. The number of amides is 1. The van der Waals surface area contributed by atoms with Crippen molar-refractivity contribution in [1.82, 2.24) is 4.57 Å². The zero-order valence-electron chi connectivity index (χ0n) is 17.3. The SMILES string of the molecule is Cc1ccc(CCn2c(-c3ccc(N4CCCC4)cc3)cc(C(N)=O)c2C)cc1. The van der Waals surface area contributed by atoms with Crippen LogP contribution in [0.5, 0.6) is 0 Å². The smallest absolute Gasteiger partial charge is 0.250 e. The lowest BCUT2D eigenvalue weighted by Gasteiger charge is -2.18. The van der Waals surface area contributed by atoms with E-state index in [0.29, 0.717) is 5.56 Å². The van der Waals surface area contributed by atoms with Gasteiger partial charge in [-0.3, -0.25) is 4.79 Å². The van der Waals surface area contributed by atoms with Crippen molar-refractivity contribution in [3.63, 3.8) is 0 Å². The summed E-state index contributed by atoms with van der Waals surface area (Å²) < 4.78 is 2.23. The van der Waals surface area contributed by atoms with E-state index in [2.05, 4.69) is 64.9 Å². The number of nitrogens with two attached hydrogens (primary N) is 1. The minimum atomic E-state index is -0.369. The van der Waals surface area contributed by atoms with E-state index in [-0.39, 0.29) is 5.91 Å². The summed E-state index contributed by atoms with van der Waals surface area (Å²) in [4.78, 5) is 14.4. The highest BCUT2D eigenvalue weighted by Crippen LogP contribution is 2.29. The van der Waals surface area contributed by atoms with Crippen LogP contribution in [0.4, 0.5) is 5.69 Å². The first kappa shape index (κ1) is 19.3. The van der Waals surface area contributed by atoms with Gasteiger partial charge in [-0.15, -0.1) is 0 Å². The van der Waals surface area contributed by atoms with Gasteiger partial charge in [-0.1, -0.05) is 42.0 Å². The van der Waals surface area contributed by atoms with Gasteiger partial charge in [-0.05, 0) is 62.4 Å². The van der Waals surface area contributed by atoms with Gasteiger partial charge in [0, 0.05) is 36.7 Å². The number of aromatic nitrogens is 1. The fraction of sp³-hybridized carbons (Fsp3) is 0.320. The molecule has 2 heterocycles. The largest absolute Gasteiger partial charge is 0.372 e. The Labute approximate surface area is 173 Å². The number of anilines is 1. The van der Waals surface area contributed by atoms with Crippen molar-refractivity contribution in [3.8, 4) is 11.3 Å². The molecule has 1 aliphatic rings. The molecule has 4 rings (SSSR count). The maximum absolute atomic E-state index is 12.0. The third-order valence-electron chi connectivity index (χ3n) is 6.01. The molecule has 0 spiro atoms. The van der Waals surface area contributed by atoms with E-state index in [4.69, 9.17) is 5.73 Å². The summed E-state index contributed by atoms with van der Waals surface area (Å²) in [5.41, 5.74) is 13.2. The highest BCUT2D eigenvalue weighted by molar-refractivity contribution is 5.95. The van der Waals surface area contributed by atoms with Gasteiger partial charge in [-0.25, -0.2) is 0 Å². The zero-order chi connectivity index (χ0) is 20.4. The van der Waals surface area contributed by atoms with Crippen LogP contribution in [0.15, 0.2) is 54.6 Å². The van der Waals surface area contributed by atoms with E-state index >= 15 is 0 Å². The molecule has 0 aliphatic carbocycles. The molecule has 29 heavy (non-hydrogen) atoms. The lowest BCUT2D eigenvalue weighted by Crippen LogP contribution is -2.17.